The van der Waals surface area contributed by atoms with Crippen molar-refractivity contribution < 1.29 is 4.79 Å². The minimum atomic E-state index is 0.0378. The van der Waals surface area contributed by atoms with Crippen molar-refractivity contribution >= 4 is 11.7 Å². The van der Waals surface area contributed by atoms with Crippen LogP contribution in [0.5, 0.6) is 0 Å². The number of urea groups is 1. The van der Waals surface area contributed by atoms with E-state index in [9.17, 15) is 4.79 Å². The van der Waals surface area contributed by atoms with Crippen LogP contribution in [0.2, 0.25) is 0 Å². The lowest BCUT2D eigenvalue weighted by molar-refractivity contribution is 0.110. The Balaban J connectivity index is 1.63. The van der Waals surface area contributed by atoms with E-state index in [2.05, 4.69) is 5.32 Å². The largest absolute Gasteiger partial charge is 0.326 e. The van der Waals surface area contributed by atoms with E-state index in [0.29, 0.717) is 18.4 Å². The number of amides is 2. The predicted octanol–water partition coefficient (Wildman–Crippen LogP) is 2.80. The fourth-order valence-electron chi connectivity index (χ4n) is 3.58. The summed E-state index contributed by atoms with van der Waals surface area (Å²) in [5.41, 5.74) is 7.51. The van der Waals surface area contributed by atoms with Gasteiger partial charge in [-0.25, -0.2) is 4.79 Å². The third-order valence-corrected chi connectivity index (χ3v) is 4.55. The second-order valence-electron chi connectivity index (χ2n) is 6.14. The van der Waals surface area contributed by atoms with Gasteiger partial charge in [-0.2, -0.15) is 0 Å². The van der Waals surface area contributed by atoms with Crippen molar-refractivity contribution in [1.29, 1.82) is 0 Å². The molecule has 4 heteroatoms. The zero-order valence-electron chi connectivity index (χ0n) is 11.8. The van der Waals surface area contributed by atoms with Crippen molar-refractivity contribution in [2.24, 2.45) is 17.6 Å². The molecule has 1 heterocycles. The average Bonchev–Trinajstić information content (AvgIpc) is 2.47. The molecule has 2 bridgehead atoms. The fourth-order valence-corrected chi connectivity index (χ4v) is 3.58. The van der Waals surface area contributed by atoms with Crippen LogP contribution in [0.25, 0.3) is 0 Å². The molecular formula is C16H23N3O. The van der Waals surface area contributed by atoms with E-state index in [4.69, 9.17) is 5.73 Å². The molecule has 1 aromatic rings. The molecule has 108 valence electrons. The first-order chi connectivity index (χ1) is 9.74. The molecule has 2 amide bonds. The van der Waals surface area contributed by atoms with E-state index in [0.717, 1.165) is 24.3 Å². The molecule has 0 radical (unpaired) electrons. The van der Waals surface area contributed by atoms with Crippen LogP contribution in [0.15, 0.2) is 24.3 Å². The number of carbonyl (C=O) groups is 1. The fraction of sp³-hybridized carbons (Fsp3) is 0.562. The van der Waals surface area contributed by atoms with E-state index >= 15 is 0 Å². The van der Waals surface area contributed by atoms with E-state index in [1.165, 1.54) is 25.7 Å². The Morgan fingerprint density at radius 2 is 2.05 bits per heavy atom. The number of carbonyl (C=O) groups excluding carboxylic acids is 1. The van der Waals surface area contributed by atoms with Gasteiger partial charge in [0.25, 0.3) is 0 Å². The summed E-state index contributed by atoms with van der Waals surface area (Å²) in [6.07, 6.45) is 5.21. The summed E-state index contributed by atoms with van der Waals surface area (Å²) < 4.78 is 0. The molecule has 3 N–H and O–H groups in total. The minimum absolute atomic E-state index is 0.0378. The number of nitrogens with zero attached hydrogens (tertiary/aromatic N) is 1. The van der Waals surface area contributed by atoms with Crippen molar-refractivity contribution in [2.75, 3.05) is 18.4 Å². The number of nitrogens with one attached hydrogen (secondary N) is 1. The maximum absolute atomic E-state index is 12.4. The number of nitrogens with two attached hydrogens (primary N) is 1. The molecule has 1 aliphatic carbocycles. The molecule has 2 fully saturated rings. The van der Waals surface area contributed by atoms with Crippen molar-refractivity contribution in [3.63, 3.8) is 0 Å². The normalized spacial score (nSPS) is 25.4. The Morgan fingerprint density at radius 3 is 2.75 bits per heavy atom. The summed E-state index contributed by atoms with van der Waals surface area (Å²) in [7, 11) is 0. The molecular weight excluding hydrogens is 250 g/mol. The summed E-state index contributed by atoms with van der Waals surface area (Å²) in [6.45, 7) is 2.33. The van der Waals surface area contributed by atoms with Crippen LogP contribution < -0.4 is 11.1 Å². The Bertz CT molecular complexity index is 476. The Labute approximate surface area is 120 Å². The molecule has 4 nitrogen and oxygen atoms in total. The molecule has 0 unspecified atom stereocenters. The van der Waals surface area contributed by atoms with E-state index in [-0.39, 0.29) is 6.03 Å². The summed E-state index contributed by atoms with van der Waals surface area (Å²) in [4.78, 5) is 14.4. The van der Waals surface area contributed by atoms with E-state index in [1.54, 1.807) is 0 Å². The van der Waals surface area contributed by atoms with Crippen LogP contribution >= 0.6 is 0 Å². The maximum atomic E-state index is 12.4. The number of rotatable bonds is 2. The van der Waals surface area contributed by atoms with Gasteiger partial charge in [0.15, 0.2) is 0 Å². The number of piperidine rings is 1. The highest BCUT2D eigenvalue weighted by Crippen LogP contribution is 2.34. The lowest BCUT2D eigenvalue weighted by Gasteiger charge is -2.41. The third kappa shape index (κ3) is 2.96. The molecule has 0 spiro atoms. The van der Waals surface area contributed by atoms with Gasteiger partial charge in [0, 0.05) is 25.3 Å². The first-order valence-electron chi connectivity index (χ1n) is 7.59. The molecule has 3 rings (SSSR count). The van der Waals surface area contributed by atoms with Gasteiger partial charge in [-0.15, -0.1) is 0 Å². The Kier molecular flexibility index (Phi) is 3.92. The lowest BCUT2D eigenvalue weighted by atomic mass is 9.78. The van der Waals surface area contributed by atoms with Gasteiger partial charge in [-0.3, -0.25) is 0 Å². The van der Waals surface area contributed by atoms with Gasteiger partial charge in [0.1, 0.15) is 0 Å². The van der Waals surface area contributed by atoms with Crippen LogP contribution in [-0.4, -0.2) is 24.0 Å². The third-order valence-electron chi connectivity index (χ3n) is 4.55. The molecule has 1 saturated carbocycles. The van der Waals surface area contributed by atoms with Crippen molar-refractivity contribution in [2.45, 2.75) is 32.2 Å². The SMILES string of the molecule is NCc1cccc(NC(=O)N2C[C@H]3CCC[C@@H](C3)C2)c1. The number of hydrogen-bond donors (Lipinski definition) is 2. The molecule has 2 atom stereocenters. The van der Waals surface area contributed by atoms with Crippen LogP contribution in [-0.2, 0) is 6.54 Å². The van der Waals surface area contributed by atoms with Gasteiger partial charge < -0.3 is 16.0 Å². The van der Waals surface area contributed by atoms with Gasteiger partial charge in [0.05, 0.1) is 0 Å². The second-order valence-corrected chi connectivity index (χ2v) is 6.14. The summed E-state index contributed by atoms with van der Waals surface area (Å²) >= 11 is 0. The average molecular weight is 273 g/mol. The van der Waals surface area contributed by atoms with Crippen molar-refractivity contribution in [1.82, 2.24) is 4.90 Å². The van der Waals surface area contributed by atoms with Crippen LogP contribution in [0.4, 0.5) is 10.5 Å². The molecule has 1 saturated heterocycles. The summed E-state index contributed by atoms with van der Waals surface area (Å²) in [6, 6.07) is 7.81. The van der Waals surface area contributed by atoms with Crippen molar-refractivity contribution in [3.8, 4) is 0 Å². The zero-order chi connectivity index (χ0) is 13.9. The highest BCUT2D eigenvalue weighted by atomic mass is 16.2. The maximum Gasteiger partial charge on any atom is 0.321 e. The van der Waals surface area contributed by atoms with Crippen LogP contribution in [0.1, 0.15) is 31.2 Å². The summed E-state index contributed by atoms with van der Waals surface area (Å²) in [5.74, 6) is 1.42. The molecule has 20 heavy (non-hydrogen) atoms. The van der Waals surface area contributed by atoms with Crippen molar-refractivity contribution in [3.05, 3.63) is 29.8 Å². The predicted molar refractivity (Wildman–Crippen MR) is 80.4 cm³/mol. The number of anilines is 1. The smallest absolute Gasteiger partial charge is 0.321 e. The van der Waals surface area contributed by atoms with Gasteiger partial charge >= 0.3 is 6.03 Å². The Hall–Kier alpha value is -1.55. The minimum Gasteiger partial charge on any atom is -0.326 e. The quantitative estimate of drug-likeness (QED) is 0.870. The second kappa shape index (κ2) is 5.83. The standard InChI is InChI=1S/C16H23N3O/c17-9-12-3-2-6-15(8-12)18-16(20)19-10-13-4-1-5-14(7-13)11-19/h2-3,6,8,13-14H,1,4-5,7,9-11,17H2,(H,18,20)/t13-,14-/m0/s1. The molecule has 1 aliphatic heterocycles. The highest BCUT2D eigenvalue weighted by Gasteiger charge is 2.32. The van der Waals surface area contributed by atoms with Crippen LogP contribution in [0, 0.1) is 11.8 Å². The van der Waals surface area contributed by atoms with E-state index < -0.39 is 0 Å². The number of fused-ring (bicyclic) bond motifs is 2. The molecule has 1 aromatic carbocycles. The number of likely N-dealkylation sites (tertiary alicyclic amines) is 1. The topological polar surface area (TPSA) is 58.4 Å². The molecule has 2 aliphatic rings. The first-order valence-corrected chi connectivity index (χ1v) is 7.59. The monoisotopic (exact) mass is 273 g/mol. The van der Waals surface area contributed by atoms with Gasteiger partial charge in [-0.05, 0) is 48.8 Å². The van der Waals surface area contributed by atoms with Crippen LogP contribution in [0.3, 0.4) is 0 Å². The number of benzene rings is 1. The van der Waals surface area contributed by atoms with Gasteiger partial charge in [-0.1, -0.05) is 18.6 Å². The first kappa shape index (κ1) is 13.4. The zero-order valence-corrected chi connectivity index (χ0v) is 11.8. The molecule has 0 aromatic heterocycles. The lowest BCUT2D eigenvalue weighted by Crippen LogP contribution is -2.47. The van der Waals surface area contributed by atoms with E-state index in [1.807, 2.05) is 29.2 Å². The number of hydrogen-bond acceptors (Lipinski definition) is 2. The Morgan fingerprint density at radius 1 is 1.30 bits per heavy atom. The summed E-state index contributed by atoms with van der Waals surface area (Å²) in [5, 5.41) is 3.01. The highest BCUT2D eigenvalue weighted by molar-refractivity contribution is 5.89. The van der Waals surface area contributed by atoms with Gasteiger partial charge in [0.2, 0.25) is 0 Å².